The molecule has 0 radical (unpaired) electrons. The smallest absolute Gasteiger partial charge is 0.0159 e. The van der Waals surface area contributed by atoms with E-state index in [1.807, 2.05) is 0 Å². The van der Waals surface area contributed by atoms with Gasteiger partial charge in [0.25, 0.3) is 0 Å². The molecule has 0 atom stereocenters. The lowest BCUT2D eigenvalue weighted by atomic mass is 10.0. The van der Waals surface area contributed by atoms with Crippen molar-refractivity contribution in [2.24, 2.45) is 0 Å². The van der Waals surface area contributed by atoms with Crippen LogP contribution in [0.15, 0.2) is 0 Å². The van der Waals surface area contributed by atoms with E-state index in [0.29, 0.717) is 0 Å². The Morgan fingerprint density at radius 1 is 1.33 bits per heavy atom. The van der Waals surface area contributed by atoms with E-state index >= 15 is 0 Å². The Kier molecular flexibility index (Phi) is 4.54. The largest absolute Gasteiger partial charge is 0.306 e. The van der Waals surface area contributed by atoms with Gasteiger partial charge in [-0.2, -0.15) is 0 Å². The maximum absolute atomic E-state index is 3.48. The lowest BCUT2D eigenvalue weighted by Gasteiger charge is -2.34. The fraction of sp³-hybridized carbons (Fsp3) is 1.00. The Labute approximate surface area is 84.0 Å². The van der Waals surface area contributed by atoms with E-state index in [9.17, 15) is 0 Å². The van der Waals surface area contributed by atoms with Crippen molar-refractivity contribution < 1.29 is 0 Å². The van der Waals surface area contributed by atoms with E-state index in [1.165, 1.54) is 32.5 Å². The van der Waals surface area contributed by atoms with Gasteiger partial charge in [-0.25, -0.2) is 0 Å². The van der Waals surface area contributed by atoms with Crippen LogP contribution in [-0.2, 0) is 0 Å². The van der Waals surface area contributed by atoms with Gasteiger partial charge >= 0.3 is 0 Å². The molecule has 3 heteroatoms. The van der Waals surface area contributed by atoms with Crippen LogP contribution in [0.25, 0.3) is 0 Å². The summed E-state index contributed by atoms with van der Waals surface area (Å²) in [5.41, 5.74) is 0. The maximum atomic E-state index is 3.48. The van der Waals surface area contributed by atoms with Gasteiger partial charge in [0.2, 0.25) is 0 Å². The zero-order chi connectivity index (χ0) is 8.97. The van der Waals surface area contributed by atoms with Crippen molar-refractivity contribution in [1.29, 1.82) is 0 Å². The molecule has 1 aliphatic rings. The second-order valence-electron chi connectivity index (χ2n) is 3.73. The number of nitrogens with zero attached hydrogens (tertiary/aromatic N) is 2. The van der Waals surface area contributed by atoms with Crippen LogP contribution in [0, 0.1) is 0 Å². The monoisotopic (exact) mass is 234 g/mol. The summed E-state index contributed by atoms with van der Waals surface area (Å²) in [4.78, 5) is 4.89. The van der Waals surface area contributed by atoms with E-state index in [4.69, 9.17) is 0 Å². The summed E-state index contributed by atoms with van der Waals surface area (Å²) in [6, 6.07) is 0.816. The predicted octanol–water partition coefficient (Wildman–Crippen LogP) is 1.41. The molecular weight excluding hydrogens is 216 g/mol. The second-order valence-corrected chi connectivity index (χ2v) is 4.52. The zero-order valence-electron chi connectivity index (χ0n) is 8.09. The molecule has 0 bridgehead atoms. The lowest BCUT2D eigenvalue weighted by molar-refractivity contribution is 0.151. The third kappa shape index (κ3) is 3.04. The van der Waals surface area contributed by atoms with Gasteiger partial charge in [-0.1, -0.05) is 15.9 Å². The van der Waals surface area contributed by atoms with E-state index < -0.39 is 0 Å². The number of likely N-dealkylation sites (tertiary alicyclic amines) is 1. The molecule has 0 aliphatic carbocycles. The first-order chi connectivity index (χ1) is 5.74. The molecule has 1 rings (SSSR count). The van der Waals surface area contributed by atoms with E-state index in [0.717, 1.165) is 11.4 Å². The molecule has 1 aliphatic heterocycles. The molecular formula is C9H19BrN2. The van der Waals surface area contributed by atoms with Crippen molar-refractivity contribution in [3.8, 4) is 0 Å². The van der Waals surface area contributed by atoms with Gasteiger partial charge in [0.1, 0.15) is 0 Å². The Morgan fingerprint density at radius 3 is 2.33 bits per heavy atom. The van der Waals surface area contributed by atoms with Crippen LogP contribution in [0.4, 0.5) is 0 Å². The van der Waals surface area contributed by atoms with Crippen molar-refractivity contribution in [3.05, 3.63) is 0 Å². The summed E-state index contributed by atoms with van der Waals surface area (Å²) in [6.45, 7) is 3.75. The first kappa shape index (κ1) is 10.5. The molecule has 0 N–H and O–H groups in total. The van der Waals surface area contributed by atoms with Crippen LogP contribution in [0.2, 0.25) is 0 Å². The van der Waals surface area contributed by atoms with Crippen molar-refractivity contribution in [3.63, 3.8) is 0 Å². The van der Waals surface area contributed by atoms with Crippen LogP contribution in [-0.4, -0.2) is 54.9 Å². The molecule has 0 amide bonds. The number of hydrogen-bond donors (Lipinski definition) is 0. The zero-order valence-corrected chi connectivity index (χ0v) is 9.68. The van der Waals surface area contributed by atoms with Crippen LogP contribution >= 0.6 is 15.9 Å². The van der Waals surface area contributed by atoms with Gasteiger partial charge in [0.15, 0.2) is 0 Å². The van der Waals surface area contributed by atoms with Crippen molar-refractivity contribution in [2.75, 3.05) is 39.1 Å². The highest BCUT2D eigenvalue weighted by Gasteiger charge is 2.19. The van der Waals surface area contributed by atoms with E-state index in [1.54, 1.807) is 0 Å². The molecule has 2 nitrogen and oxygen atoms in total. The molecule has 0 saturated carbocycles. The number of alkyl halides is 1. The SMILES string of the molecule is CN(C)C1CCN(CCBr)CC1. The Bertz CT molecular complexity index is 120. The van der Waals surface area contributed by atoms with Crippen molar-refractivity contribution in [2.45, 2.75) is 18.9 Å². The third-order valence-corrected chi connectivity index (χ3v) is 3.04. The topological polar surface area (TPSA) is 6.48 Å². The molecule has 1 saturated heterocycles. The number of piperidine rings is 1. The van der Waals surface area contributed by atoms with Crippen LogP contribution in [0.5, 0.6) is 0 Å². The average Bonchev–Trinajstić information content (AvgIpc) is 2.06. The van der Waals surface area contributed by atoms with Crippen LogP contribution < -0.4 is 0 Å². The lowest BCUT2D eigenvalue weighted by Crippen LogP contribution is -2.42. The first-order valence-corrected chi connectivity index (χ1v) is 5.81. The molecule has 0 aromatic carbocycles. The molecule has 1 heterocycles. The van der Waals surface area contributed by atoms with Crippen molar-refractivity contribution >= 4 is 15.9 Å². The highest BCUT2D eigenvalue weighted by molar-refractivity contribution is 9.09. The molecule has 12 heavy (non-hydrogen) atoms. The summed E-state index contributed by atoms with van der Waals surface area (Å²) in [5.74, 6) is 0. The molecule has 0 aromatic heterocycles. The molecule has 0 unspecified atom stereocenters. The Balaban J connectivity index is 2.20. The minimum Gasteiger partial charge on any atom is -0.306 e. The van der Waals surface area contributed by atoms with Gasteiger partial charge < -0.3 is 9.80 Å². The molecule has 1 fully saturated rings. The summed E-state index contributed by atoms with van der Waals surface area (Å²) >= 11 is 3.48. The fourth-order valence-electron chi connectivity index (χ4n) is 1.78. The molecule has 0 aromatic rings. The first-order valence-electron chi connectivity index (χ1n) is 4.69. The predicted molar refractivity (Wildman–Crippen MR) is 56.9 cm³/mol. The Morgan fingerprint density at radius 2 is 1.92 bits per heavy atom. The summed E-state index contributed by atoms with van der Waals surface area (Å²) < 4.78 is 0. The second kappa shape index (κ2) is 5.20. The molecule has 0 spiro atoms. The summed E-state index contributed by atoms with van der Waals surface area (Å²) in [5, 5.41) is 1.11. The summed E-state index contributed by atoms with van der Waals surface area (Å²) in [7, 11) is 4.37. The standard InChI is InChI=1S/C9H19BrN2/c1-11(2)9-3-6-12(7-4-9)8-5-10/h9H,3-8H2,1-2H3. The van der Waals surface area contributed by atoms with Gasteiger partial charge in [-0.15, -0.1) is 0 Å². The van der Waals surface area contributed by atoms with Crippen LogP contribution in [0.1, 0.15) is 12.8 Å². The van der Waals surface area contributed by atoms with Crippen LogP contribution in [0.3, 0.4) is 0 Å². The maximum Gasteiger partial charge on any atom is 0.0159 e. The van der Waals surface area contributed by atoms with Gasteiger partial charge in [0.05, 0.1) is 0 Å². The fourth-order valence-corrected chi connectivity index (χ4v) is 2.28. The summed E-state index contributed by atoms with van der Waals surface area (Å²) in [6.07, 6.45) is 2.67. The Hall–Kier alpha value is 0.400. The van der Waals surface area contributed by atoms with Gasteiger partial charge in [0, 0.05) is 17.9 Å². The molecule has 72 valence electrons. The van der Waals surface area contributed by atoms with E-state index in [-0.39, 0.29) is 0 Å². The van der Waals surface area contributed by atoms with Gasteiger partial charge in [-0.05, 0) is 40.0 Å². The van der Waals surface area contributed by atoms with Gasteiger partial charge in [-0.3, -0.25) is 0 Å². The third-order valence-electron chi connectivity index (χ3n) is 2.69. The number of hydrogen-bond acceptors (Lipinski definition) is 2. The number of rotatable bonds is 3. The highest BCUT2D eigenvalue weighted by Crippen LogP contribution is 2.13. The average molecular weight is 235 g/mol. The normalized spacial score (nSPS) is 22.0. The quantitative estimate of drug-likeness (QED) is 0.682. The minimum atomic E-state index is 0.816. The van der Waals surface area contributed by atoms with Crippen molar-refractivity contribution in [1.82, 2.24) is 9.80 Å². The van der Waals surface area contributed by atoms with E-state index in [2.05, 4.69) is 39.8 Å². The highest BCUT2D eigenvalue weighted by atomic mass is 79.9. The number of halogens is 1. The minimum absolute atomic E-state index is 0.816.